The van der Waals surface area contributed by atoms with E-state index in [9.17, 15) is 0 Å². The molecule has 0 aliphatic carbocycles. The second kappa shape index (κ2) is 7.44. The number of aromatic nitrogens is 4. The first-order valence-corrected chi connectivity index (χ1v) is 8.61. The molecule has 0 saturated carbocycles. The van der Waals surface area contributed by atoms with Crippen LogP contribution in [0.25, 0.3) is 0 Å². The number of benzene rings is 2. The molecule has 2 aromatic carbocycles. The molecule has 0 spiro atoms. The van der Waals surface area contributed by atoms with E-state index in [0.29, 0.717) is 13.2 Å². The van der Waals surface area contributed by atoms with Crippen molar-refractivity contribution in [3.05, 3.63) is 71.0 Å². The molecule has 4 rings (SSSR count). The van der Waals surface area contributed by atoms with Crippen LogP contribution in [0.2, 0.25) is 0 Å². The Morgan fingerprint density at radius 2 is 2.00 bits per heavy atom. The number of tetrazole rings is 1. The fraction of sp³-hybridized carbons (Fsp3) is 0.316. The van der Waals surface area contributed by atoms with Crippen LogP contribution < -0.4 is 5.32 Å². The van der Waals surface area contributed by atoms with Crippen LogP contribution in [0.1, 0.15) is 22.5 Å². The van der Waals surface area contributed by atoms with Gasteiger partial charge < -0.3 is 10.1 Å². The van der Waals surface area contributed by atoms with E-state index < -0.39 is 0 Å². The predicted octanol–water partition coefficient (Wildman–Crippen LogP) is 2.60. The van der Waals surface area contributed by atoms with E-state index >= 15 is 0 Å². The summed E-state index contributed by atoms with van der Waals surface area (Å²) in [6, 6.07) is 16.7. The molecule has 2 heterocycles. The minimum atomic E-state index is 0.595. The summed E-state index contributed by atoms with van der Waals surface area (Å²) in [7, 11) is 0. The maximum atomic E-state index is 5.60. The molecule has 6 nitrogen and oxygen atoms in total. The number of nitrogens with zero attached hydrogens (tertiary/aromatic N) is 4. The highest BCUT2D eigenvalue weighted by molar-refractivity contribution is 5.55. The number of ether oxygens (including phenoxy) is 1. The van der Waals surface area contributed by atoms with Crippen molar-refractivity contribution in [3.63, 3.8) is 0 Å². The molecule has 25 heavy (non-hydrogen) atoms. The highest BCUT2D eigenvalue weighted by atomic mass is 16.5. The molecule has 3 aromatic rings. The Morgan fingerprint density at radius 3 is 2.92 bits per heavy atom. The summed E-state index contributed by atoms with van der Waals surface area (Å²) >= 11 is 0. The van der Waals surface area contributed by atoms with Crippen LogP contribution in [0.4, 0.5) is 5.69 Å². The highest BCUT2D eigenvalue weighted by Crippen LogP contribution is 2.25. The second-order valence-electron chi connectivity index (χ2n) is 6.15. The van der Waals surface area contributed by atoms with Crippen molar-refractivity contribution in [2.45, 2.75) is 32.5 Å². The number of aryl methyl sites for hydroxylation is 2. The second-order valence-corrected chi connectivity index (χ2v) is 6.15. The van der Waals surface area contributed by atoms with E-state index in [0.717, 1.165) is 37.5 Å². The van der Waals surface area contributed by atoms with Crippen molar-refractivity contribution in [2.24, 2.45) is 0 Å². The smallest absolute Gasteiger partial charge is 0.170 e. The molecule has 0 bridgehead atoms. The first-order valence-electron chi connectivity index (χ1n) is 8.61. The SMILES string of the molecule is c1ccc(CCn2nnnc2CNc2cccc3c2COCC3)cc1. The lowest BCUT2D eigenvalue weighted by Crippen LogP contribution is -2.15. The summed E-state index contributed by atoms with van der Waals surface area (Å²) in [4.78, 5) is 0. The third-order valence-corrected chi connectivity index (χ3v) is 4.53. The third-order valence-electron chi connectivity index (χ3n) is 4.53. The lowest BCUT2D eigenvalue weighted by Gasteiger charge is -2.20. The molecular formula is C19H21N5O. The minimum absolute atomic E-state index is 0.595. The predicted molar refractivity (Wildman–Crippen MR) is 95.1 cm³/mol. The number of fused-ring (bicyclic) bond motifs is 1. The molecule has 0 fully saturated rings. The van der Waals surface area contributed by atoms with Gasteiger partial charge in [0.2, 0.25) is 0 Å². The Labute approximate surface area is 146 Å². The number of hydrogen-bond acceptors (Lipinski definition) is 5. The van der Waals surface area contributed by atoms with Crippen LogP contribution in [0.5, 0.6) is 0 Å². The quantitative estimate of drug-likeness (QED) is 0.750. The molecule has 1 N–H and O–H groups in total. The average Bonchev–Trinajstić information content (AvgIpc) is 3.13. The lowest BCUT2D eigenvalue weighted by atomic mass is 10.0. The van der Waals surface area contributed by atoms with Gasteiger partial charge in [-0.1, -0.05) is 42.5 Å². The van der Waals surface area contributed by atoms with Gasteiger partial charge >= 0.3 is 0 Å². The molecular weight excluding hydrogens is 314 g/mol. The van der Waals surface area contributed by atoms with Gasteiger partial charge in [0.25, 0.3) is 0 Å². The average molecular weight is 335 g/mol. The topological polar surface area (TPSA) is 64.9 Å². The highest BCUT2D eigenvalue weighted by Gasteiger charge is 2.14. The van der Waals surface area contributed by atoms with Crippen molar-refractivity contribution >= 4 is 5.69 Å². The van der Waals surface area contributed by atoms with Gasteiger partial charge in [-0.15, -0.1) is 5.10 Å². The van der Waals surface area contributed by atoms with Gasteiger partial charge in [-0.2, -0.15) is 0 Å². The van der Waals surface area contributed by atoms with Crippen molar-refractivity contribution < 1.29 is 4.74 Å². The van der Waals surface area contributed by atoms with E-state index in [-0.39, 0.29) is 0 Å². The summed E-state index contributed by atoms with van der Waals surface area (Å²) < 4.78 is 7.47. The van der Waals surface area contributed by atoms with Crippen molar-refractivity contribution in [1.82, 2.24) is 20.2 Å². The van der Waals surface area contributed by atoms with Gasteiger partial charge in [0.1, 0.15) is 0 Å². The molecule has 0 radical (unpaired) electrons. The van der Waals surface area contributed by atoms with Gasteiger partial charge in [0.15, 0.2) is 5.82 Å². The molecule has 1 aliphatic heterocycles. The summed E-state index contributed by atoms with van der Waals surface area (Å²) in [5.74, 6) is 0.838. The largest absolute Gasteiger partial charge is 0.377 e. The molecule has 0 amide bonds. The van der Waals surface area contributed by atoms with Crippen molar-refractivity contribution in [1.29, 1.82) is 0 Å². The molecule has 128 valence electrons. The van der Waals surface area contributed by atoms with Crippen LogP contribution in [0.3, 0.4) is 0 Å². The fourth-order valence-corrected chi connectivity index (χ4v) is 3.14. The maximum Gasteiger partial charge on any atom is 0.170 e. The first-order chi connectivity index (χ1) is 12.4. The zero-order valence-electron chi connectivity index (χ0n) is 14.1. The Bertz CT molecular complexity index is 831. The van der Waals surface area contributed by atoms with Gasteiger partial charge in [-0.25, -0.2) is 4.68 Å². The normalized spacial score (nSPS) is 13.4. The Balaban J connectivity index is 1.42. The van der Waals surface area contributed by atoms with Gasteiger partial charge in [0.05, 0.1) is 19.8 Å². The number of anilines is 1. The monoisotopic (exact) mass is 335 g/mol. The zero-order valence-corrected chi connectivity index (χ0v) is 14.1. The molecule has 0 unspecified atom stereocenters. The number of hydrogen-bond donors (Lipinski definition) is 1. The van der Waals surface area contributed by atoms with Crippen LogP contribution in [-0.2, 0) is 37.3 Å². The molecule has 1 aromatic heterocycles. The Morgan fingerprint density at radius 1 is 1.08 bits per heavy atom. The molecule has 0 atom stereocenters. The third kappa shape index (κ3) is 3.69. The van der Waals surface area contributed by atoms with Crippen molar-refractivity contribution in [2.75, 3.05) is 11.9 Å². The van der Waals surface area contributed by atoms with Gasteiger partial charge in [0, 0.05) is 17.8 Å². The van der Waals surface area contributed by atoms with Crippen LogP contribution in [0, 0.1) is 0 Å². The van der Waals surface area contributed by atoms with Crippen molar-refractivity contribution in [3.8, 4) is 0 Å². The number of nitrogens with one attached hydrogen (secondary N) is 1. The Kier molecular flexibility index (Phi) is 4.70. The minimum Gasteiger partial charge on any atom is -0.377 e. The standard InChI is InChI=1S/C19H21N5O/c1-2-5-15(6-3-1)9-11-24-19(21-22-23-24)13-20-18-8-4-7-16-10-12-25-14-17(16)18/h1-8,20H,9-14H2. The summed E-state index contributed by atoms with van der Waals surface area (Å²) in [6.07, 6.45) is 1.88. The molecule has 6 heteroatoms. The molecule has 1 aliphatic rings. The number of rotatable bonds is 6. The lowest BCUT2D eigenvalue weighted by molar-refractivity contribution is 0.111. The summed E-state index contributed by atoms with van der Waals surface area (Å²) in [6.45, 7) is 2.83. The fourth-order valence-electron chi connectivity index (χ4n) is 3.14. The van der Waals surface area contributed by atoms with Gasteiger partial charge in [-0.3, -0.25) is 0 Å². The first kappa shape index (κ1) is 15.8. The van der Waals surface area contributed by atoms with Crippen LogP contribution >= 0.6 is 0 Å². The summed E-state index contributed by atoms with van der Waals surface area (Å²) in [5.41, 5.74) is 5.00. The zero-order chi connectivity index (χ0) is 16.9. The summed E-state index contributed by atoms with van der Waals surface area (Å²) in [5, 5.41) is 15.6. The van der Waals surface area contributed by atoms with E-state index in [1.165, 1.54) is 16.7 Å². The van der Waals surface area contributed by atoms with Crippen LogP contribution in [-0.4, -0.2) is 26.8 Å². The van der Waals surface area contributed by atoms with Gasteiger partial charge in [-0.05, 0) is 40.5 Å². The van der Waals surface area contributed by atoms with E-state index in [1.807, 2.05) is 10.7 Å². The van der Waals surface area contributed by atoms with Crippen LogP contribution in [0.15, 0.2) is 48.5 Å². The Hall–Kier alpha value is -2.73. The van der Waals surface area contributed by atoms with E-state index in [1.54, 1.807) is 0 Å². The van der Waals surface area contributed by atoms with E-state index in [4.69, 9.17) is 4.74 Å². The van der Waals surface area contributed by atoms with E-state index in [2.05, 4.69) is 63.3 Å². The maximum absolute atomic E-state index is 5.60. The molecule has 0 saturated heterocycles.